The zero-order valence-corrected chi connectivity index (χ0v) is 14.3. The van der Waals surface area contributed by atoms with E-state index in [-0.39, 0.29) is 6.61 Å². The molecule has 1 heterocycles. The molecule has 0 aliphatic heterocycles. The van der Waals surface area contributed by atoms with E-state index in [2.05, 4.69) is 28.3 Å². The summed E-state index contributed by atoms with van der Waals surface area (Å²) in [5, 5.41) is 2.32. The number of alkyl halides is 1. The first-order valence-electron chi connectivity index (χ1n) is 8.40. The first kappa shape index (κ1) is 17.5. The van der Waals surface area contributed by atoms with Crippen LogP contribution >= 0.6 is 0 Å². The Morgan fingerprint density at radius 1 is 0.880 bits per heavy atom. The molecule has 0 saturated carbocycles. The maximum Gasteiger partial charge on any atom is 0.120 e. The molecular formula is C19H23FN2O3. The third-order valence-corrected chi connectivity index (χ3v) is 3.96. The molecule has 0 fully saturated rings. The Labute approximate surface area is 146 Å². The Morgan fingerprint density at radius 2 is 1.60 bits per heavy atom. The van der Waals surface area contributed by atoms with Crippen LogP contribution < -0.4 is 10.2 Å². The molecule has 0 amide bonds. The largest absolute Gasteiger partial charge is 0.491 e. The first-order valence-corrected chi connectivity index (χ1v) is 8.40. The van der Waals surface area contributed by atoms with E-state index < -0.39 is 6.67 Å². The maximum atomic E-state index is 11.9. The van der Waals surface area contributed by atoms with Crippen molar-refractivity contribution in [2.75, 3.05) is 52.2 Å². The third kappa shape index (κ3) is 4.03. The van der Waals surface area contributed by atoms with Crippen LogP contribution in [0.2, 0.25) is 0 Å². The summed E-state index contributed by atoms with van der Waals surface area (Å²) in [5.41, 5.74) is 5.46. The first-order chi connectivity index (χ1) is 12.3. The number of rotatable bonds is 10. The maximum absolute atomic E-state index is 11.9. The minimum Gasteiger partial charge on any atom is -0.491 e. The van der Waals surface area contributed by atoms with Crippen molar-refractivity contribution < 1.29 is 18.6 Å². The van der Waals surface area contributed by atoms with Crippen molar-refractivity contribution in [3.63, 3.8) is 0 Å². The minimum absolute atomic E-state index is 0.125. The molecule has 0 aliphatic carbocycles. The molecule has 1 N–H and O–H groups in total. The molecule has 2 aromatic carbocycles. The van der Waals surface area contributed by atoms with Crippen molar-refractivity contribution in [2.45, 2.75) is 0 Å². The zero-order chi connectivity index (χ0) is 17.5. The fraction of sp³-hybridized carbons (Fsp3) is 0.368. The Hall–Kier alpha value is -2.31. The van der Waals surface area contributed by atoms with Crippen LogP contribution in [0.3, 0.4) is 0 Å². The summed E-state index contributed by atoms with van der Waals surface area (Å²) in [6.45, 7) is 1.43. The lowest BCUT2D eigenvalue weighted by molar-refractivity contribution is 0.0325. The van der Waals surface area contributed by atoms with Gasteiger partial charge in [-0.25, -0.2) is 4.39 Å². The Bertz CT molecular complexity index is 819. The number of aromatic nitrogens is 1. The molecule has 3 rings (SSSR count). The lowest BCUT2D eigenvalue weighted by atomic mass is 10.1. The molecule has 1 aromatic heterocycles. The third-order valence-electron chi connectivity index (χ3n) is 3.96. The second-order valence-corrected chi connectivity index (χ2v) is 5.52. The normalized spacial score (nSPS) is 11.3. The van der Waals surface area contributed by atoms with E-state index >= 15 is 0 Å². The van der Waals surface area contributed by atoms with Crippen LogP contribution in [0.25, 0.3) is 21.8 Å². The van der Waals surface area contributed by atoms with Gasteiger partial charge < -0.3 is 19.6 Å². The van der Waals surface area contributed by atoms with Gasteiger partial charge in [-0.05, 0) is 24.3 Å². The molecule has 0 spiro atoms. The van der Waals surface area contributed by atoms with Gasteiger partial charge in [-0.3, -0.25) is 4.68 Å². The molecule has 0 radical (unpaired) electrons. The zero-order valence-electron chi connectivity index (χ0n) is 14.3. The summed E-state index contributed by atoms with van der Waals surface area (Å²) in [6.07, 6.45) is 0. The van der Waals surface area contributed by atoms with Gasteiger partial charge >= 0.3 is 0 Å². The van der Waals surface area contributed by atoms with Crippen molar-refractivity contribution in [1.29, 1.82) is 0 Å². The van der Waals surface area contributed by atoms with Crippen molar-refractivity contribution >= 4 is 21.8 Å². The van der Waals surface area contributed by atoms with Crippen molar-refractivity contribution in [1.82, 2.24) is 4.68 Å². The molecule has 0 saturated heterocycles. The van der Waals surface area contributed by atoms with E-state index in [1.807, 2.05) is 31.3 Å². The second kappa shape index (κ2) is 8.69. The van der Waals surface area contributed by atoms with E-state index in [1.165, 1.54) is 5.39 Å². The van der Waals surface area contributed by atoms with Gasteiger partial charge in [0.1, 0.15) is 19.0 Å². The molecule has 6 heteroatoms. The van der Waals surface area contributed by atoms with Crippen molar-refractivity contribution in [3.05, 3.63) is 42.5 Å². The Balaban J connectivity index is 1.61. The number of ether oxygens (including phenoxy) is 3. The summed E-state index contributed by atoms with van der Waals surface area (Å²) in [7, 11) is 1.91. The number of halogens is 1. The molecule has 134 valence electrons. The molecule has 0 atom stereocenters. The second-order valence-electron chi connectivity index (χ2n) is 5.52. The number of para-hydroxylation sites is 1. The smallest absolute Gasteiger partial charge is 0.120 e. The number of nitrogens with zero attached hydrogens (tertiary/aromatic N) is 1. The number of nitrogens with one attached hydrogen (secondary N) is 1. The standard InChI is InChI=1S/C19H23FN2O3/c1-21-22-18-5-3-2-4-16(18)17-14-15(6-7-19(17)22)25-13-12-24-11-10-23-9-8-20/h2-7,14,21H,8-13H2,1H3. The summed E-state index contributed by atoms with van der Waals surface area (Å²) < 4.78 is 30.1. The van der Waals surface area contributed by atoms with E-state index in [1.54, 1.807) is 0 Å². The van der Waals surface area contributed by atoms with Gasteiger partial charge in [-0.1, -0.05) is 18.2 Å². The van der Waals surface area contributed by atoms with Crippen LogP contribution in [0, 0.1) is 0 Å². The highest BCUT2D eigenvalue weighted by Gasteiger charge is 2.10. The number of benzene rings is 2. The van der Waals surface area contributed by atoms with E-state index in [9.17, 15) is 4.39 Å². The number of hydrogen-bond acceptors (Lipinski definition) is 4. The minimum atomic E-state index is -0.463. The van der Waals surface area contributed by atoms with Crippen molar-refractivity contribution in [2.24, 2.45) is 0 Å². The highest BCUT2D eigenvalue weighted by molar-refractivity contribution is 6.08. The predicted octanol–water partition coefficient (Wildman–Crippen LogP) is 3.35. The fourth-order valence-electron chi connectivity index (χ4n) is 2.88. The lowest BCUT2D eigenvalue weighted by Crippen LogP contribution is -2.11. The molecule has 0 aliphatic rings. The van der Waals surface area contributed by atoms with Gasteiger partial charge in [-0.15, -0.1) is 0 Å². The van der Waals surface area contributed by atoms with Gasteiger partial charge in [0.2, 0.25) is 0 Å². The number of hydrogen-bond donors (Lipinski definition) is 1. The molecule has 5 nitrogen and oxygen atoms in total. The van der Waals surface area contributed by atoms with Crippen LogP contribution in [0.15, 0.2) is 42.5 Å². The topological polar surface area (TPSA) is 44.7 Å². The van der Waals surface area contributed by atoms with Gasteiger partial charge in [0.05, 0.1) is 37.5 Å². The van der Waals surface area contributed by atoms with Gasteiger partial charge in [0.25, 0.3) is 0 Å². The Morgan fingerprint density at radius 3 is 2.40 bits per heavy atom. The average Bonchev–Trinajstić information content (AvgIpc) is 2.97. The van der Waals surface area contributed by atoms with Crippen LogP contribution in [-0.4, -0.2) is 51.4 Å². The highest BCUT2D eigenvalue weighted by Crippen LogP contribution is 2.30. The van der Waals surface area contributed by atoms with Crippen LogP contribution in [0.5, 0.6) is 5.75 Å². The van der Waals surface area contributed by atoms with Crippen LogP contribution in [0.4, 0.5) is 4.39 Å². The SMILES string of the molecule is CNn1c2ccccc2c2cc(OCCOCCOCCF)ccc21. The van der Waals surface area contributed by atoms with Gasteiger partial charge in [0.15, 0.2) is 0 Å². The highest BCUT2D eigenvalue weighted by atomic mass is 19.1. The summed E-state index contributed by atoms with van der Waals surface area (Å²) in [6, 6.07) is 14.3. The van der Waals surface area contributed by atoms with Crippen molar-refractivity contribution in [3.8, 4) is 5.75 Å². The van der Waals surface area contributed by atoms with E-state index in [4.69, 9.17) is 14.2 Å². The van der Waals surface area contributed by atoms with Gasteiger partial charge in [0, 0.05) is 17.8 Å². The lowest BCUT2D eigenvalue weighted by Gasteiger charge is -2.08. The molecular weight excluding hydrogens is 323 g/mol. The predicted molar refractivity (Wildman–Crippen MR) is 97.8 cm³/mol. The molecule has 3 aromatic rings. The number of fused-ring (bicyclic) bond motifs is 3. The van der Waals surface area contributed by atoms with Gasteiger partial charge in [-0.2, -0.15) is 0 Å². The van der Waals surface area contributed by atoms with Crippen LogP contribution in [0.1, 0.15) is 0 Å². The van der Waals surface area contributed by atoms with E-state index in [0.29, 0.717) is 26.4 Å². The average molecular weight is 346 g/mol. The summed E-state index contributed by atoms with van der Waals surface area (Å²) >= 11 is 0. The van der Waals surface area contributed by atoms with Crippen LogP contribution in [-0.2, 0) is 9.47 Å². The monoisotopic (exact) mass is 346 g/mol. The summed E-state index contributed by atoms with van der Waals surface area (Å²) in [4.78, 5) is 0. The molecule has 0 bridgehead atoms. The Kier molecular flexibility index (Phi) is 6.09. The summed E-state index contributed by atoms with van der Waals surface area (Å²) in [5.74, 6) is 0.809. The quantitative estimate of drug-likeness (QED) is 0.572. The molecule has 25 heavy (non-hydrogen) atoms. The fourth-order valence-corrected chi connectivity index (χ4v) is 2.88. The molecule has 0 unspecified atom stereocenters. The van der Waals surface area contributed by atoms with E-state index in [0.717, 1.165) is 22.2 Å².